The molecule has 0 bridgehead atoms. The van der Waals surface area contributed by atoms with E-state index in [1.54, 1.807) is 7.11 Å². The summed E-state index contributed by atoms with van der Waals surface area (Å²) in [5.41, 5.74) is 3.43. The second-order valence-electron chi connectivity index (χ2n) is 7.52. The third-order valence-electron chi connectivity index (χ3n) is 5.65. The fourth-order valence-corrected chi connectivity index (χ4v) is 4.23. The molecular formula is C22H31N3O3. The van der Waals surface area contributed by atoms with E-state index in [1.165, 1.54) is 37.1 Å². The van der Waals surface area contributed by atoms with Gasteiger partial charge in [-0.2, -0.15) is 0 Å². The summed E-state index contributed by atoms with van der Waals surface area (Å²) in [5.74, 6) is 2.48. The van der Waals surface area contributed by atoms with Crippen molar-refractivity contribution in [1.29, 1.82) is 0 Å². The molecule has 152 valence electrons. The minimum Gasteiger partial charge on any atom is -0.493 e. The number of aromatic nitrogens is 1. The smallest absolute Gasteiger partial charge is 0.163 e. The van der Waals surface area contributed by atoms with Crippen LogP contribution in [0.2, 0.25) is 0 Å². The molecule has 0 aliphatic carbocycles. The second-order valence-corrected chi connectivity index (χ2v) is 7.52. The summed E-state index contributed by atoms with van der Waals surface area (Å²) >= 11 is 0. The van der Waals surface area contributed by atoms with E-state index in [4.69, 9.17) is 19.2 Å². The Hall–Kier alpha value is -2.05. The fourth-order valence-electron chi connectivity index (χ4n) is 4.23. The maximum atomic E-state index is 6.10. The number of nitrogens with zero attached hydrogens (tertiary/aromatic N) is 2. The van der Waals surface area contributed by atoms with Crippen LogP contribution in [0, 0.1) is 0 Å². The van der Waals surface area contributed by atoms with Crippen LogP contribution < -0.4 is 14.8 Å². The van der Waals surface area contributed by atoms with Crippen molar-refractivity contribution in [3.05, 3.63) is 23.3 Å². The molecule has 4 rings (SSSR count). The summed E-state index contributed by atoms with van der Waals surface area (Å²) in [6.45, 7) is 8.53. The Kier molecular flexibility index (Phi) is 6.17. The van der Waals surface area contributed by atoms with Crippen LogP contribution in [-0.4, -0.2) is 56.4 Å². The third-order valence-corrected chi connectivity index (χ3v) is 5.65. The molecule has 0 amide bonds. The Balaban J connectivity index is 1.58. The number of hydrogen-bond acceptors (Lipinski definition) is 6. The normalized spacial score (nSPS) is 16.9. The van der Waals surface area contributed by atoms with Gasteiger partial charge in [0.1, 0.15) is 5.82 Å². The number of hydrogen-bond donors (Lipinski definition) is 1. The van der Waals surface area contributed by atoms with Gasteiger partial charge < -0.3 is 24.4 Å². The van der Waals surface area contributed by atoms with Crippen molar-refractivity contribution in [2.45, 2.75) is 39.2 Å². The Morgan fingerprint density at radius 3 is 2.82 bits per heavy atom. The summed E-state index contributed by atoms with van der Waals surface area (Å²) in [6, 6.07) is 4.11. The highest BCUT2D eigenvalue weighted by Gasteiger charge is 2.20. The van der Waals surface area contributed by atoms with Crippen LogP contribution >= 0.6 is 0 Å². The Morgan fingerprint density at radius 1 is 1.18 bits per heavy atom. The van der Waals surface area contributed by atoms with Gasteiger partial charge in [0.2, 0.25) is 0 Å². The Labute approximate surface area is 167 Å². The van der Waals surface area contributed by atoms with Crippen LogP contribution in [0.25, 0.3) is 10.9 Å². The molecule has 0 atom stereocenters. The van der Waals surface area contributed by atoms with E-state index >= 15 is 0 Å². The molecule has 1 aromatic heterocycles. The lowest BCUT2D eigenvalue weighted by Gasteiger charge is -2.22. The van der Waals surface area contributed by atoms with Crippen LogP contribution in [0.5, 0.6) is 11.5 Å². The van der Waals surface area contributed by atoms with E-state index in [0.29, 0.717) is 13.2 Å². The zero-order valence-corrected chi connectivity index (χ0v) is 17.1. The third kappa shape index (κ3) is 4.03. The fraction of sp³-hybridized carbons (Fsp3) is 0.591. The van der Waals surface area contributed by atoms with Crippen molar-refractivity contribution >= 4 is 16.7 Å². The van der Waals surface area contributed by atoms with Gasteiger partial charge in [-0.3, -0.25) is 0 Å². The van der Waals surface area contributed by atoms with Crippen molar-refractivity contribution in [3.8, 4) is 11.5 Å². The number of anilines is 1. The number of ether oxygens (including phenoxy) is 3. The number of likely N-dealkylation sites (tertiary alicyclic amines) is 1. The molecule has 0 radical (unpaired) electrons. The summed E-state index contributed by atoms with van der Waals surface area (Å²) in [6.07, 6.45) is 4.58. The average molecular weight is 386 g/mol. The van der Waals surface area contributed by atoms with Crippen LogP contribution in [-0.2, 0) is 17.8 Å². The van der Waals surface area contributed by atoms with Crippen molar-refractivity contribution in [2.75, 3.05) is 51.8 Å². The number of rotatable bonds is 8. The summed E-state index contributed by atoms with van der Waals surface area (Å²) < 4.78 is 17.4. The number of pyridine rings is 1. The monoisotopic (exact) mass is 385 g/mol. The van der Waals surface area contributed by atoms with Gasteiger partial charge in [0, 0.05) is 30.1 Å². The number of fused-ring (bicyclic) bond motifs is 3. The molecule has 1 N–H and O–H groups in total. The lowest BCUT2D eigenvalue weighted by molar-refractivity contribution is 0.111. The highest BCUT2D eigenvalue weighted by molar-refractivity contribution is 5.89. The molecule has 6 heteroatoms. The average Bonchev–Trinajstić information content (AvgIpc) is 3.24. The van der Waals surface area contributed by atoms with Gasteiger partial charge in [-0.25, -0.2) is 4.98 Å². The topological polar surface area (TPSA) is 55.9 Å². The van der Waals surface area contributed by atoms with E-state index in [-0.39, 0.29) is 0 Å². The number of methoxy groups -OCH3 is 1. The lowest BCUT2D eigenvalue weighted by atomic mass is 9.98. The maximum Gasteiger partial charge on any atom is 0.163 e. The molecule has 2 aliphatic heterocycles. The molecule has 0 unspecified atom stereocenters. The number of nitrogens with one attached hydrogen (secondary N) is 1. The SMILES string of the molecule is CCNc1nc2cc(OCCCN3CCCC3)c(OC)cc2c2c1COCC2. The van der Waals surface area contributed by atoms with Crippen LogP contribution in [0.1, 0.15) is 37.3 Å². The largest absolute Gasteiger partial charge is 0.493 e. The predicted octanol–water partition coefficient (Wildman–Crippen LogP) is 3.61. The molecule has 2 aromatic rings. The zero-order chi connectivity index (χ0) is 19.3. The van der Waals surface area contributed by atoms with Gasteiger partial charge in [-0.1, -0.05) is 0 Å². The van der Waals surface area contributed by atoms with E-state index in [2.05, 4.69) is 23.2 Å². The van der Waals surface area contributed by atoms with Crippen LogP contribution in [0.15, 0.2) is 12.1 Å². The van der Waals surface area contributed by atoms with Crippen LogP contribution in [0.3, 0.4) is 0 Å². The Morgan fingerprint density at radius 2 is 2.04 bits per heavy atom. The number of benzene rings is 1. The van der Waals surface area contributed by atoms with Crippen molar-refractivity contribution in [2.24, 2.45) is 0 Å². The van der Waals surface area contributed by atoms with Gasteiger partial charge in [0.05, 0.1) is 32.4 Å². The molecule has 1 saturated heterocycles. The molecule has 2 aliphatic rings. The lowest BCUT2D eigenvalue weighted by Crippen LogP contribution is -2.22. The minimum atomic E-state index is 0.609. The van der Waals surface area contributed by atoms with E-state index in [1.807, 2.05) is 6.07 Å². The molecule has 0 saturated carbocycles. The highest BCUT2D eigenvalue weighted by Crippen LogP contribution is 2.37. The van der Waals surface area contributed by atoms with Crippen LogP contribution in [0.4, 0.5) is 5.82 Å². The maximum absolute atomic E-state index is 6.10. The van der Waals surface area contributed by atoms with Crippen molar-refractivity contribution in [1.82, 2.24) is 9.88 Å². The second kappa shape index (κ2) is 8.97. The first kappa shape index (κ1) is 19.3. The molecular weight excluding hydrogens is 354 g/mol. The molecule has 1 aromatic carbocycles. The quantitative estimate of drug-likeness (QED) is 0.701. The molecule has 28 heavy (non-hydrogen) atoms. The van der Waals surface area contributed by atoms with E-state index in [0.717, 1.165) is 60.8 Å². The van der Waals surface area contributed by atoms with Gasteiger partial charge in [-0.15, -0.1) is 0 Å². The molecule has 3 heterocycles. The standard InChI is InChI=1S/C22H31N3O3/c1-3-23-22-18-15-27-12-7-16(18)17-13-20(26-2)21(14-19(17)24-22)28-11-6-10-25-8-4-5-9-25/h13-14H,3-12,15H2,1-2H3,(H,23,24). The summed E-state index contributed by atoms with van der Waals surface area (Å²) in [4.78, 5) is 7.38. The first-order chi connectivity index (χ1) is 13.8. The predicted molar refractivity (Wildman–Crippen MR) is 112 cm³/mol. The molecule has 0 spiro atoms. The van der Waals surface area contributed by atoms with E-state index in [9.17, 15) is 0 Å². The Bertz CT molecular complexity index is 819. The molecule has 1 fully saturated rings. The highest BCUT2D eigenvalue weighted by atomic mass is 16.5. The summed E-state index contributed by atoms with van der Waals surface area (Å²) in [7, 11) is 1.70. The first-order valence-electron chi connectivity index (χ1n) is 10.5. The summed E-state index contributed by atoms with van der Waals surface area (Å²) in [5, 5.41) is 4.53. The van der Waals surface area contributed by atoms with Gasteiger partial charge in [0.25, 0.3) is 0 Å². The minimum absolute atomic E-state index is 0.609. The van der Waals surface area contributed by atoms with Crippen molar-refractivity contribution < 1.29 is 14.2 Å². The van der Waals surface area contributed by atoms with Gasteiger partial charge in [0.15, 0.2) is 11.5 Å². The van der Waals surface area contributed by atoms with Crippen molar-refractivity contribution in [3.63, 3.8) is 0 Å². The van der Waals surface area contributed by atoms with Gasteiger partial charge in [-0.05, 0) is 57.3 Å². The zero-order valence-electron chi connectivity index (χ0n) is 17.1. The van der Waals surface area contributed by atoms with Gasteiger partial charge >= 0.3 is 0 Å². The van der Waals surface area contributed by atoms with E-state index < -0.39 is 0 Å². The molecule has 6 nitrogen and oxygen atoms in total. The first-order valence-corrected chi connectivity index (χ1v) is 10.5.